The maximum atomic E-state index is 13.7. The number of hydrogen-bond acceptors (Lipinski definition) is 6. The molecule has 3 aromatic rings. The van der Waals surface area contributed by atoms with Gasteiger partial charge in [-0.3, -0.25) is 9.62 Å². The molecule has 3 aromatic carbocycles. The molecule has 0 unspecified atom stereocenters. The van der Waals surface area contributed by atoms with Gasteiger partial charge in [0.05, 0.1) is 30.4 Å². The number of aryl methyl sites for hydroxylation is 1. The summed E-state index contributed by atoms with van der Waals surface area (Å²) in [4.78, 5) is 15.0. The van der Waals surface area contributed by atoms with Crippen molar-refractivity contribution in [3.05, 3.63) is 88.5 Å². The van der Waals surface area contributed by atoms with Crippen molar-refractivity contribution in [2.24, 2.45) is 0 Å². The van der Waals surface area contributed by atoms with Crippen LogP contribution in [0.5, 0.6) is 5.75 Å². The number of esters is 1. The van der Waals surface area contributed by atoms with Crippen LogP contribution < -0.4 is 9.46 Å². The summed E-state index contributed by atoms with van der Waals surface area (Å²) < 4.78 is 40.4. The van der Waals surface area contributed by atoms with Gasteiger partial charge in [0, 0.05) is 6.54 Å². The van der Waals surface area contributed by atoms with Crippen LogP contribution in [0.4, 0.5) is 5.69 Å². The number of rotatable bonds is 11. The van der Waals surface area contributed by atoms with Gasteiger partial charge in [-0.15, -0.1) is 0 Å². The van der Waals surface area contributed by atoms with Crippen molar-refractivity contribution >= 4 is 21.7 Å². The molecule has 0 aliphatic heterocycles. The van der Waals surface area contributed by atoms with Gasteiger partial charge in [-0.2, -0.15) is 0 Å². The van der Waals surface area contributed by atoms with Crippen LogP contribution >= 0.6 is 0 Å². The third-order valence-corrected chi connectivity index (χ3v) is 7.58. The first-order valence-electron chi connectivity index (χ1n) is 11.9. The van der Waals surface area contributed by atoms with Crippen LogP contribution in [-0.2, 0) is 27.7 Å². The molecule has 0 atom stereocenters. The lowest BCUT2D eigenvalue weighted by Crippen LogP contribution is -2.23. The lowest BCUT2D eigenvalue weighted by atomic mass is 10.0. The Hall–Kier alpha value is -3.36. The van der Waals surface area contributed by atoms with Crippen LogP contribution in [0.25, 0.3) is 0 Å². The Morgan fingerprint density at radius 3 is 2.25 bits per heavy atom. The second-order valence-corrected chi connectivity index (χ2v) is 10.2. The summed E-state index contributed by atoms with van der Waals surface area (Å²) in [5, 5.41) is 0. The highest BCUT2D eigenvalue weighted by Crippen LogP contribution is 2.30. The monoisotopic (exact) mass is 510 g/mol. The average molecular weight is 511 g/mol. The predicted octanol–water partition coefficient (Wildman–Crippen LogP) is 5.02. The smallest absolute Gasteiger partial charge is 0.340 e. The Labute approximate surface area is 214 Å². The molecule has 0 spiro atoms. The number of carbonyl (C=O) groups is 1. The molecule has 0 radical (unpaired) electrons. The molecule has 36 heavy (non-hydrogen) atoms. The van der Waals surface area contributed by atoms with Crippen LogP contribution in [0.15, 0.2) is 65.6 Å². The molecule has 0 saturated heterocycles. The second kappa shape index (κ2) is 12.1. The maximum absolute atomic E-state index is 13.7. The average Bonchev–Trinajstić information content (AvgIpc) is 2.88. The Bertz CT molecular complexity index is 1300. The number of nitrogens with one attached hydrogen (secondary N) is 1. The van der Waals surface area contributed by atoms with E-state index in [9.17, 15) is 13.2 Å². The molecule has 0 bridgehead atoms. The minimum absolute atomic E-state index is 0.120. The summed E-state index contributed by atoms with van der Waals surface area (Å²) in [5.41, 5.74) is 3.50. The first-order valence-corrected chi connectivity index (χ1v) is 13.4. The number of benzene rings is 3. The van der Waals surface area contributed by atoms with E-state index in [2.05, 4.69) is 23.5 Å². The van der Waals surface area contributed by atoms with Crippen LogP contribution in [0.1, 0.15) is 46.5 Å². The van der Waals surface area contributed by atoms with E-state index >= 15 is 0 Å². The standard InChI is InChI=1S/C28H34N2O5S/c1-6-30(7-2)19-22-15-20(3)27(25(17-22)28(31)35-5)29-36(32,33)26-14-13-24(34-4)18-23(26)16-21-11-9-8-10-12-21/h8-15,17-18,29H,6-7,16,19H2,1-5H3. The minimum Gasteiger partial charge on any atom is -0.497 e. The summed E-state index contributed by atoms with van der Waals surface area (Å²) in [6, 6.07) is 18.1. The highest BCUT2D eigenvalue weighted by Gasteiger charge is 2.25. The van der Waals surface area contributed by atoms with Crippen LogP contribution in [0, 0.1) is 6.92 Å². The Morgan fingerprint density at radius 1 is 0.944 bits per heavy atom. The second-order valence-electron chi connectivity index (χ2n) is 8.53. The van der Waals surface area contributed by atoms with Gasteiger partial charge in [-0.05, 0) is 73.0 Å². The van der Waals surface area contributed by atoms with Crippen LogP contribution in [-0.4, -0.2) is 46.6 Å². The van der Waals surface area contributed by atoms with Crippen LogP contribution in [0.3, 0.4) is 0 Å². The van der Waals surface area contributed by atoms with E-state index in [0.717, 1.165) is 24.2 Å². The van der Waals surface area contributed by atoms with Gasteiger partial charge in [-0.25, -0.2) is 13.2 Å². The number of anilines is 1. The third-order valence-electron chi connectivity index (χ3n) is 6.13. The molecule has 192 valence electrons. The van der Waals surface area contributed by atoms with Crippen molar-refractivity contribution in [2.45, 2.75) is 38.6 Å². The van der Waals surface area contributed by atoms with Crippen molar-refractivity contribution in [1.82, 2.24) is 4.90 Å². The molecule has 1 N–H and O–H groups in total. The number of nitrogens with zero attached hydrogens (tertiary/aromatic N) is 1. The topological polar surface area (TPSA) is 84.9 Å². The summed E-state index contributed by atoms with van der Waals surface area (Å²) in [5.74, 6) is -0.0384. The van der Waals surface area contributed by atoms with E-state index in [1.54, 1.807) is 32.2 Å². The van der Waals surface area contributed by atoms with Crippen molar-refractivity contribution < 1.29 is 22.7 Å². The number of carbonyl (C=O) groups excluding carboxylic acids is 1. The molecule has 0 aliphatic carbocycles. The van der Waals surface area contributed by atoms with Gasteiger partial charge < -0.3 is 9.47 Å². The summed E-state index contributed by atoms with van der Waals surface area (Å²) in [7, 11) is -1.22. The first kappa shape index (κ1) is 27.2. The van der Waals surface area contributed by atoms with Crippen molar-refractivity contribution in [3.63, 3.8) is 0 Å². The normalized spacial score (nSPS) is 11.4. The number of ether oxygens (including phenoxy) is 2. The Balaban J connectivity index is 2.05. The van der Waals surface area contributed by atoms with E-state index in [0.29, 0.717) is 29.8 Å². The molecular formula is C28H34N2O5S. The van der Waals surface area contributed by atoms with Gasteiger partial charge in [-0.1, -0.05) is 50.2 Å². The van der Waals surface area contributed by atoms with E-state index in [-0.39, 0.29) is 16.1 Å². The van der Waals surface area contributed by atoms with E-state index in [1.165, 1.54) is 13.2 Å². The van der Waals surface area contributed by atoms with Gasteiger partial charge in [0.1, 0.15) is 5.75 Å². The molecular weight excluding hydrogens is 476 g/mol. The Kier molecular flexibility index (Phi) is 9.12. The maximum Gasteiger partial charge on any atom is 0.340 e. The largest absolute Gasteiger partial charge is 0.497 e. The Morgan fingerprint density at radius 2 is 1.64 bits per heavy atom. The number of sulfonamides is 1. The summed E-state index contributed by atoms with van der Waals surface area (Å²) >= 11 is 0. The van der Waals surface area contributed by atoms with E-state index in [4.69, 9.17) is 9.47 Å². The fourth-order valence-corrected chi connectivity index (χ4v) is 5.53. The molecule has 0 heterocycles. The zero-order chi connectivity index (χ0) is 26.3. The molecule has 0 saturated carbocycles. The highest BCUT2D eigenvalue weighted by atomic mass is 32.2. The van der Waals surface area contributed by atoms with Gasteiger partial charge >= 0.3 is 5.97 Å². The zero-order valence-electron chi connectivity index (χ0n) is 21.5. The van der Waals surface area contributed by atoms with Crippen molar-refractivity contribution in [2.75, 3.05) is 32.0 Å². The van der Waals surface area contributed by atoms with Gasteiger partial charge in [0.2, 0.25) is 0 Å². The quantitative estimate of drug-likeness (QED) is 0.365. The van der Waals surface area contributed by atoms with E-state index < -0.39 is 16.0 Å². The molecule has 0 fully saturated rings. The molecule has 0 aliphatic rings. The molecule has 0 aromatic heterocycles. The lowest BCUT2D eigenvalue weighted by molar-refractivity contribution is 0.0601. The lowest BCUT2D eigenvalue weighted by Gasteiger charge is -2.21. The molecule has 8 heteroatoms. The highest BCUT2D eigenvalue weighted by molar-refractivity contribution is 7.92. The third kappa shape index (κ3) is 6.44. The summed E-state index contributed by atoms with van der Waals surface area (Å²) in [6.07, 6.45) is 0.403. The fourth-order valence-electron chi connectivity index (χ4n) is 4.15. The number of methoxy groups -OCH3 is 2. The first-order chi connectivity index (χ1) is 17.2. The minimum atomic E-state index is -4.04. The van der Waals surface area contributed by atoms with Crippen molar-refractivity contribution in [1.29, 1.82) is 0 Å². The number of hydrogen-bond donors (Lipinski definition) is 1. The SMILES string of the molecule is CCN(CC)Cc1cc(C)c(NS(=O)(=O)c2ccc(OC)cc2Cc2ccccc2)c(C(=O)OC)c1. The molecule has 0 amide bonds. The fraction of sp³-hybridized carbons (Fsp3) is 0.321. The summed E-state index contributed by atoms with van der Waals surface area (Å²) in [6.45, 7) is 8.29. The van der Waals surface area contributed by atoms with Gasteiger partial charge in [0.25, 0.3) is 10.0 Å². The molecule has 3 rings (SSSR count). The van der Waals surface area contributed by atoms with Gasteiger partial charge in [0.15, 0.2) is 0 Å². The van der Waals surface area contributed by atoms with E-state index in [1.807, 2.05) is 36.4 Å². The predicted molar refractivity (Wildman–Crippen MR) is 142 cm³/mol. The van der Waals surface area contributed by atoms with Crippen LogP contribution in [0.2, 0.25) is 0 Å². The van der Waals surface area contributed by atoms with Crippen molar-refractivity contribution in [3.8, 4) is 5.75 Å². The zero-order valence-corrected chi connectivity index (χ0v) is 22.3. The molecule has 7 nitrogen and oxygen atoms in total.